The summed E-state index contributed by atoms with van der Waals surface area (Å²) < 4.78 is 58.4. The molecule has 0 N–H and O–H groups in total. The Morgan fingerprint density at radius 3 is 2.17 bits per heavy atom. The summed E-state index contributed by atoms with van der Waals surface area (Å²) in [6, 6.07) is 4.84. The second kappa shape index (κ2) is 7.85. The average Bonchev–Trinajstić information content (AvgIpc) is 2.55. The van der Waals surface area contributed by atoms with E-state index in [1.54, 1.807) is 0 Å². The summed E-state index contributed by atoms with van der Waals surface area (Å²) in [6.07, 6.45) is -3.79. The molecule has 1 aromatic rings. The van der Waals surface area contributed by atoms with Crippen LogP contribution in [0.1, 0.15) is 39.0 Å². The van der Waals surface area contributed by atoms with Gasteiger partial charge in [-0.05, 0) is 55.9 Å². The molecule has 0 aliphatic heterocycles. The van der Waals surface area contributed by atoms with Crippen molar-refractivity contribution in [2.45, 2.75) is 51.6 Å². The van der Waals surface area contributed by atoms with Crippen LogP contribution in [-0.2, 0) is 4.79 Å². The molecular weight excluding hydrogens is 328 g/mol. The van der Waals surface area contributed by atoms with Crippen LogP contribution in [0, 0.1) is 11.8 Å². The van der Waals surface area contributed by atoms with Gasteiger partial charge in [-0.3, -0.25) is 4.79 Å². The van der Waals surface area contributed by atoms with Crippen LogP contribution >= 0.6 is 0 Å². The molecule has 0 radical (unpaired) electrons. The topological polar surface area (TPSA) is 35.5 Å². The van der Waals surface area contributed by atoms with Gasteiger partial charge in [0, 0.05) is 0 Å². The molecule has 0 saturated heterocycles. The van der Waals surface area contributed by atoms with Gasteiger partial charge in [0.1, 0.15) is 11.5 Å². The number of hydrogen-bond donors (Lipinski definition) is 0. The van der Waals surface area contributed by atoms with Crippen molar-refractivity contribution in [1.82, 2.24) is 0 Å². The fraction of sp³-hybridized carbons (Fsp3) is 0.588. The van der Waals surface area contributed by atoms with Crippen LogP contribution in [0.3, 0.4) is 0 Å². The number of halogens is 4. The molecule has 2 rings (SSSR count). The Balaban J connectivity index is 1.86. The summed E-state index contributed by atoms with van der Waals surface area (Å²) in [4.78, 5) is 12.1. The third kappa shape index (κ3) is 5.11. The lowest BCUT2D eigenvalue weighted by atomic mass is 9.81. The van der Waals surface area contributed by atoms with E-state index in [9.17, 15) is 22.4 Å². The summed E-state index contributed by atoms with van der Waals surface area (Å²) in [5, 5.41) is 0. The third-order valence-corrected chi connectivity index (χ3v) is 4.30. The van der Waals surface area contributed by atoms with E-state index in [1.807, 2.05) is 0 Å². The molecule has 1 aliphatic rings. The summed E-state index contributed by atoms with van der Waals surface area (Å²) in [6.45, 7) is 2.13. The normalized spacial score (nSPS) is 22.7. The van der Waals surface area contributed by atoms with E-state index in [1.165, 1.54) is 12.1 Å². The molecule has 1 fully saturated rings. The van der Waals surface area contributed by atoms with E-state index in [-0.39, 0.29) is 23.4 Å². The molecule has 1 aromatic carbocycles. The Labute approximate surface area is 137 Å². The van der Waals surface area contributed by atoms with Crippen molar-refractivity contribution in [3.05, 3.63) is 24.3 Å². The largest absolute Gasteiger partial charge is 0.457 e. The van der Waals surface area contributed by atoms with Crippen LogP contribution in [0.5, 0.6) is 11.5 Å². The molecule has 0 bridgehead atoms. The Morgan fingerprint density at radius 1 is 1.12 bits per heavy atom. The molecule has 24 heavy (non-hydrogen) atoms. The van der Waals surface area contributed by atoms with Gasteiger partial charge in [0.2, 0.25) is 0 Å². The number of ether oxygens (including phenoxy) is 2. The lowest BCUT2D eigenvalue weighted by Crippen LogP contribution is -2.29. The van der Waals surface area contributed by atoms with E-state index in [0.717, 1.165) is 44.2 Å². The van der Waals surface area contributed by atoms with Crippen LogP contribution < -0.4 is 9.47 Å². The highest BCUT2D eigenvalue weighted by Crippen LogP contribution is 2.32. The number of benzene rings is 1. The van der Waals surface area contributed by atoms with Crippen molar-refractivity contribution in [2.75, 3.05) is 0 Å². The van der Waals surface area contributed by atoms with Gasteiger partial charge in [0.15, 0.2) is 0 Å². The Kier molecular flexibility index (Phi) is 6.07. The van der Waals surface area contributed by atoms with E-state index in [0.29, 0.717) is 5.92 Å². The maximum absolute atomic E-state index is 12.8. The van der Waals surface area contributed by atoms with Crippen LogP contribution in [0.25, 0.3) is 0 Å². The first-order chi connectivity index (χ1) is 11.3. The molecule has 1 atom stereocenters. The van der Waals surface area contributed by atoms with Crippen molar-refractivity contribution in [3.8, 4) is 11.5 Å². The summed E-state index contributed by atoms with van der Waals surface area (Å²) in [5.74, 6) is 0.0873. The van der Waals surface area contributed by atoms with Gasteiger partial charge >= 0.3 is 18.5 Å². The number of carbonyl (C=O) groups is 1. The predicted octanol–water partition coefficient (Wildman–Crippen LogP) is 5.05. The molecule has 0 heterocycles. The Bertz CT molecular complexity index is 534. The third-order valence-electron chi connectivity index (χ3n) is 4.30. The number of hydrogen-bond acceptors (Lipinski definition) is 3. The maximum Gasteiger partial charge on any atom is 0.457 e. The minimum atomic E-state index is -5.08. The van der Waals surface area contributed by atoms with Crippen LogP contribution in [0.2, 0.25) is 0 Å². The van der Waals surface area contributed by atoms with Crippen molar-refractivity contribution >= 4 is 5.97 Å². The smallest absolute Gasteiger partial charge is 0.452 e. The monoisotopic (exact) mass is 348 g/mol. The van der Waals surface area contributed by atoms with E-state index in [2.05, 4.69) is 11.7 Å². The van der Waals surface area contributed by atoms with E-state index < -0.39 is 12.5 Å². The van der Waals surface area contributed by atoms with Gasteiger partial charge in [0.05, 0.1) is 5.92 Å². The van der Waals surface area contributed by atoms with Gasteiger partial charge in [-0.2, -0.15) is 17.6 Å². The molecule has 0 aromatic heterocycles. The highest BCUT2D eigenvalue weighted by atomic mass is 19.4. The van der Waals surface area contributed by atoms with E-state index >= 15 is 0 Å². The van der Waals surface area contributed by atoms with Gasteiger partial charge in [0.25, 0.3) is 0 Å². The highest BCUT2D eigenvalue weighted by molar-refractivity contribution is 5.75. The van der Waals surface area contributed by atoms with Crippen LogP contribution in [0.15, 0.2) is 24.3 Å². The molecule has 134 valence electrons. The molecular formula is C17H20F4O3. The van der Waals surface area contributed by atoms with Crippen molar-refractivity contribution in [3.63, 3.8) is 0 Å². The Morgan fingerprint density at radius 2 is 1.67 bits per heavy atom. The number of rotatable bonds is 5. The lowest BCUT2D eigenvalue weighted by Gasteiger charge is -2.26. The number of alkyl halides is 4. The zero-order valence-electron chi connectivity index (χ0n) is 13.3. The lowest BCUT2D eigenvalue weighted by molar-refractivity contribution is -0.236. The van der Waals surface area contributed by atoms with Crippen molar-refractivity contribution in [1.29, 1.82) is 0 Å². The molecule has 0 spiro atoms. The maximum atomic E-state index is 12.8. The number of carbonyl (C=O) groups excluding carboxylic acids is 1. The second-order valence-corrected chi connectivity index (χ2v) is 5.99. The fourth-order valence-electron chi connectivity index (χ4n) is 2.78. The zero-order chi connectivity index (χ0) is 17.7. The second-order valence-electron chi connectivity index (χ2n) is 5.99. The zero-order valence-corrected chi connectivity index (χ0v) is 13.3. The average molecular weight is 348 g/mol. The summed E-state index contributed by atoms with van der Waals surface area (Å²) in [7, 11) is 0. The van der Waals surface area contributed by atoms with Gasteiger partial charge < -0.3 is 9.47 Å². The first kappa shape index (κ1) is 18.5. The van der Waals surface area contributed by atoms with Crippen molar-refractivity contribution in [2.24, 2.45) is 11.8 Å². The van der Waals surface area contributed by atoms with Gasteiger partial charge in [-0.1, -0.05) is 13.3 Å². The van der Waals surface area contributed by atoms with Crippen LogP contribution in [0.4, 0.5) is 17.6 Å². The predicted molar refractivity (Wildman–Crippen MR) is 79.4 cm³/mol. The minimum absolute atomic E-state index is 0.149. The molecule has 1 unspecified atom stereocenters. The summed E-state index contributed by atoms with van der Waals surface area (Å²) in [5.41, 5.74) is 0. The first-order valence-electron chi connectivity index (χ1n) is 7.98. The molecule has 7 heteroatoms. The highest BCUT2D eigenvalue weighted by Gasteiger charge is 2.42. The molecule has 0 amide bonds. The number of esters is 1. The standard InChI is InChI=1S/C17H20F4O3/c1-2-11-3-5-12(6-4-11)15(22)23-13-7-9-14(10-8-13)24-16(18)17(19,20)21/h7-12,16H,2-6H2,1H3. The molecule has 3 nitrogen and oxygen atoms in total. The SMILES string of the molecule is CCC1CCC(C(=O)Oc2ccc(OC(F)C(F)(F)F)cc2)CC1. The molecule has 1 saturated carbocycles. The summed E-state index contributed by atoms with van der Waals surface area (Å²) >= 11 is 0. The van der Waals surface area contributed by atoms with Gasteiger partial charge in [-0.25, -0.2) is 0 Å². The van der Waals surface area contributed by atoms with Crippen LogP contribution in [-0.4, -0.2) is 18.5 Å². The quantitative estimate of drug-likeness (QED) is 0.425. The Hall–Kier alpha value is -1.79. The molecule has 1 aliphatic carbocycles. The fourth-order valence-corrected chi connectivity index (χ4v) is 2.78. The minimum Gasteiger partial charge on any atom is -0.452 e. The van der Waals surface area contributed by atoms with Crippen molar-refractivity contribution < 1.29 is 31.8 Å². The van der Waals surface area contributed by atoms with Gasteiger partial charge in [-0.15, -0.1) is 0 Å². The van der Waals surface area contributed by atoms with E-state index in [4.69, 9.17) is 4.74 Å². The first-order valence-corrected chi connectivity index (χ1v) is 7.98.